The Hall–Kier alpha value is -1.07. The van der Waals surface area contributed by atoms with Crippen molar-refractivity contribution in [2.75, 3.05) is 19.5 Å². The summed E-state index contributed by atoms with van der Waals surface area (Å²) in [6.07, 6.45) is 1.87. The molecule has 0 radical (unpaired) electrons. The predicted octanol–water partition coefficient (Wildman–Crippen LogP) is 3.62. The van der Waals surface area contributed by atoms with Gasteiger partial charge >= 0.3 is 0 Å². The standard InChI is InChI=1S/C11H11BrN2OS/c1-13-11-14-6-10(16-11)7-3-4-9(15-2)8(12)5-7/h3-6H,1-2H3,(H,13,14). The van der Waals surface area contributed by atoms with Crippen molar-refractivity contribution < 1.29 is 4.74 Å². The molecule has 0 fully saturated rings. The number of aromatic nitrogens is 1. The maximum atomic E-state index is 5.19. The number of nitrogens with zero attached hydrogens (tertiary/aromatic N) is 1. The van der Waals surface area contributed by atoms with Crippen molar-refractivity contribution in [3.8, 4) is 16.2 Å². The normalized spacial score (nSPS) is 10.2. The summed E-state index contributed by atoms with van der Waals surface area (Å²) in [6, 6.07) is 6.00. The third kappa shape index (κ3) is 2.20. The summed E-state index contributed by atoms with van der Waals surface area (Å²) >= 11 is 5.10. The zero-order valence-electron chi connectivity index (χ0n) is 8.95. The first-order chi connectivity index (χ1) is 7.74. The molecule has 1 aromatic carbocycles. The van der Waals surface area contributed by atoms with Gasteiger partial charge in [-0.25, -0.2) is 4.98 Å². The first kappa shape index (κ1) is 11.4. The summed E-state index contributed by atoms with van der Waals surface area (Å²) in [5, 5.41) is 3.94. The molecule has 84 valence electrons. The Morgan fingerprint density at radius 3 is 2.81 bits per heavy atom. The number of methoxy groups -OCH3 is 1. The molecule has 5 heteroatoms. The molecule has 0 amide bonds. The summed E-state index contributed by atoms with van der Waals surface area (Å²) in [7, 11) is 3.53. The van der Waals surface area contributed by atoms with Crippen LogP contribution in [0.5, 0.6) is 5.75 Å². The average Bonchev–Trinajstić information content (AvgIpc) is 2.77. The molecule has 0 spiro atoms. The number of halogens is 1. The lowest BCUT2D eigenvalue weighted by atomic mass is 10.2. The van der Waals surface area contributed by atoms with Gasteiger partial charge in [0.25, 0.3) is 0 Å². The molecule has 16 heavy (non-hydrogen) atoms. The van der Waals surface area contributed by atoms with Crippen molar-refractivity contribution >= 4 is 32.4 Å². The van der Waals surface area contributed by atoms with Crippen LogP contribution in [-0.2, 0) is 0 Å². The van der Waals surface area contributed by atoms with Gasteiger partial charge in [-0.3, -0.25) is 0 Å². The SMILES string of the molecule is CNc1ncc(-c2ccc(OC)c(Br)c2)s1. The minimum atomic E-state index is 0.835. The zero-order valence-corrected chi connectivity index (χ0v) is 11.4. The minimum Gasteiger partial charge on any atom is -0.496 e. The molecule has 0 aliphatic carbocycles. The van der Waals surface area contributed by atoms with Gasteiger partial charge in [-0.05, 0) is 39.7 Å². The van der Waals surface area contributed by atoms with Gasteiger partial charge in [0.05, 0.1) is 16.5 Å². The second kappa shape index (κ2) is 4.84. The van der Waals surface area contributed by atoms with E-state index in [0.29, 0.717) is 0 Å². The monoisotopic (exact) mass is 298 g/mol. The van der Waals surface area contributed by atoms with Gasteiger partial charge in [-0.15, -0.1) is 0 Å². The van der Waals surface area contributed by atoms with Crippen LogP contribution in [0.25, 0.3) is 10.4 Å². The van der Waals surface area contributed by atoms with Gasteiger partial charge in [-0.1, -0.05) is 11.3 Å². The maximum Gasteiger partial charge on any atom is 0.182 e. The lowest BCUT2D eigenvalue weighted by molar-refractivity contribution is 0.412. The van der Waals surface area contributed by atoms with Crippen molar-refractivity contribution in [2.24, 2.45) is 0 Å². The topological polar surface area (TPSA) is 34.2 Å². The van der Waals surface area contributed by atoms with Gasteiger partial charge in [0.15, 0.2) is 5.13 Å². The largest absolute Gasteiger partial charge is 0.496 e. The van der Waals surface area contributed by atoms with E-state index in [0.717, 1.165) is 25.8 Å². The first-order valence-electron chi connectivity index (χ1n) is 4.72. The summed E-state index contributed by atoms with van der Waals surface area (Å²) in [6.45, 7) is 0. The van der Waals surface area contributed by atoms with Gasteiger partial charge in [0, 0.05) is 13.2 Å². The highest BCUT2D eigenvalue weighted by atomic mass is 79.9. The Balaban J connectivity index is 2.37. The van der Waals surface area contributed by atoms with Crippen LogP contribution in [0.15, 0.2) is 28.9 Å². The summed E-state index contributed by atoms with van der Waals surface area (Å²) < 4.78 is 6.14. The Kier molecular flexibility index (Phi) is 3.46. The van der Waals surface area contributed by atoms with E-state index in [1.165, 1.54) is 0 Å². The second-order valence-electron chi connectivity index (χ2n) is 3.13. The molecule has 2 aromatic rings. The van der Waals surface area contributed by atoms with Crippen LogP contribution in [0.4, 0.5) is 5.13 Å². The molecule has 0 bridgehead atoms. The number of hydrogen-bond donors (Lipinski definition) is 1. The van der Waals surface area contributed by atoms with E-state index in [9.17, 15) is 0 Å². The molecule has 0 saturated carbocycles. The molecule has 0 saturated heterocycles. The Morgan fingerprint density at radius 2 is 2.25 bits per heavy atom. The highest BCUT2D eigenvalue weighted by Gasteiger charge is 2.06. The summed E-state index contributed by atoms with van der Waals surface area (Å²) in [5.41, 5.74) is 1.13. The fourth-order valence-corrected chi connectivity index (χ4v) is 2.65. The number of nitrogens with one attached hydrogen (secondary N) is 1. The molecule has 1 N–H and O–H groups in total. The Labute approximate surface area is 107 Å². The van der Waals surface area contributed by atoms with Crippen molar-refractivity contribution in [3.05, 3.63) is 28.9 Å². The van der Waals surface area contributed by atoms with Crippen LogP contribution in [0, 0.1) is 0 Å². The van der Waals surface area contributed by atoms with E-state index >= 15 is 0 Å². The van der Waals surface area contributed by atoms with Gasteiger partial charge in [0.1, 0.15) is 5.75 Å². The molecule has 0 atom stereocenters. The van der Waals surface area contributed by atoms with Crippen LogP contribution in [0.3, 0.4) is 0 Å². The van der Waals surface area contributed by atoms with Crippen LogP contribution in [0.2, 0.25) is 0 Å². The third-order valence-corrected chi connectivity index (χ3v) is 3.84. The lowest BCUT2D eigenvalue weighted by Crippen LogP contribution is -1.84. The Bertz CT molecular complexity index is 498. The number of rotatable bonds is 3. The summed E-state index contributed by atoms with van der Waals surface area (Å²) in [4.78, 5) is 5.38. The van der Waals surface area contributed by atoms with Crippen molar-refractivity contribution in [1.29, 1.82) is 0 Å². The van der Waals surface area contributed by atoms with Gasteiger partial charge in [-0.2, -0.15) is 0 Å². The lowest BCUT2D eigenvalue weighted by Gasteiger charge is -2.04. The van der Waals surface area contributed by atoms with E-state index < -0.39 is 0 Å². The maximum absolute atomic E-state index is 5.19. The number of anilines is 1. The second-order valence-corrected chi connectivity index (χ2v) is 5.01. The third-order valence-electron chi connectivity index (χ3n) is 2.16. The quantitative estimate of drug-likeness (QED) is 0.940. The number of ether oxygens (including phenoxy) is 1. The molecule has 1 heterocycles. The van der Waals surface area contributed by atoms with Crippen molar-refractivity contribution in [1.82, 2.24) is 4.98 Å². The first-order valence-corrected chi connectivity index (χ1v) is 6.33. The number of benzene rings is 1. The molecule has 1 aromatic heterocycles. The molecule has 3 nitrogen and oxygen atoms in total. The van der Waals surface area contributed by atoms with Crippen LogP contribution in [0.1, 0.15) is 0 Å². The fourth-order valence-electron chi connectivity index (χ4n) is 1.34. The fraction of sp³-hybridized carbons (Fsp3) is 0.182. The van der Waals surface area contributed by atoms with Crippen molar-refractivity contribution in [2.45, 2.75) is 0 Å². The van der Waals surface area contributed by atoms with E-state index in [-0.39, 0.29) is 0 Å². The molecule has 0 aliphatic rings. The zero-order chi connectivity index (χ0) is 11.5. The van der Waals surface area contributed by atoms with E-state index in [2.05, 4.69) is 26.2 Å². The molecule has 0 aliphatic heterocycles. The van der Waals surface area contributed by atoms with E-state index in [4.69, 9.17) is 4.74 Å². The van der Waals surface area contributed by atoms with E-state index in [1.807, 2.05) is 31.4 Å². The van der Waals surface area contributed by atoms with Crippen LogP contribution < -0.4 is 10.1 Å². The summed E-state index contributed by atoms with van der Waals surface area (Å²) in [5.74, 6) is 0.835. The van der Waals surface area contributed by atoms with Crippen LogP contribution >= 0.6 is 27.3 Å². The van der Waals surface area contributed by atoms with Gasteiger partial charge in [0.2, 0.25) is 0 Å². The minimum absolute atomic E-state index is 0.835. The molecule has 2 rings (SSSR count). The highest BCUT2D eigenvalue weighted by Crippen LogP contribution is 2.34. The van der Waals surface area contributed by atoms with E-state index in [1.54, 1.807) is 18.4 Å². The van der Waals surface area contributed by atoms with Crippen molar-refractivity contribution in [3.63, 3.8) is 0 Å². The Morgan fingerprint density at radius 1 is 1.44 bits per heavy atom. The molecule has 0 unspecified atom stereocenters. The number of hydrogen-bond acceptors (Lipinski definition) is 4. The smallest absolute Gasteiger partial charge is 0.182 e. The molecular formula is C11H11BrN2OS. The number of thiazole rings is 1. The average molecular weight is 299 g/mol. The molecular weight excluding hydrogens is 288 g/mol. The van der Waals surface area contributed by atoms with Crippen LogP contribution in [-0.4, -0.2) is 19.1 Å². The predicted molar refractivity (Wildman–Crippen MR) is 71.3 cm³/mol. The van der Waals surface area contributed by atoms with Gasteiger partial charge < -0.3 is 10.1 Å². The highest BCUT2D eigenvalue weighted by molar-refractivity contribution is 9.10.